The van der Waals surface area contributed by atoms with Gasteiger partial charge >= 0.3 is 0 Å². The van der Waals surface area contributed by atoms with E-state index in [4.69, 9.17) is 9.15 Å². The van der Waals surface area contributed by atoms with Gasteiger partial charge in [-0.1, -0.05) is 12.1 Å². The number of furan rings is 1. The Hall–Kier alpha value is -3.09. The summed E-state index contributed by atoms with van der Waals surface area (Å²) < 4.78 is 11.5. The second-order valence-electron chi connectivity index (χ2n) is 6.74. The lowest BCUT2D eigenvalue weighted by Gasteiger charge is -2.33. The number of hydrogen-bond acceptors (Lipinski definition) is 5. The lowest BCUT2D eigenvalue weighted by atomic mass is 9.94. The monoisotopic (exact) mass is 368 g/mol. The Morgan fingerprint density at radius 3 is 2.74 bits per heavy atom. The topological polar surface area (TPSA) is 88.9 Å². The molecule has 140 valence electrons. The van der Waals surface area contributed by atoms with E-state index in [2.05, 4.69) is 5.32 Å². The number of carbonyl (C=O) groups excluding carboxylic acids is 3. The van der Waals surface area contributed by atoms with Crippen LogP contribution >= 0.6 is 0 Å². The molecule has 7 heteroatoms. The molecule has 0 spiro atoms. The molecule has 1 N–H and O–H groups in total. The van der Waals surface area contributed by atoms with Gasteiger partial charge in [0.25, 0.3) is 11.8 Å². The van der Waals surface area contributed by atoms with Gasteiger partial charge in [0, 0.05) is 25.5 Å². The SMILES string of the molecule is CNC(=O)C1CN(C(=O)c2oc3c(c2C)C(=O)CCC3)c2ccccc2O1. The van der Waals surface area contributed by atoms with Gasteiger partial charge in [0.15, 0.2) is 17.6 Å². The normalized spacial score (nSPS) is 18.4. The third-order valence-corrected chi connectivity index (χ3v) is 5.06. The van der Waals surface area contributed by atoms with E-state index in [1.807, 2.05) is 0 Å². The number of carbonyl (C=O) groups is 3. The second kappa shape index (κ2) is 6.57. The highest BCUT2D eigenvalue weighted by atomic mass is 16.5. The molecule has 0 radical (unpaired) electrons. The summed E-state index contributed by atoms with van der Waals surface area (Å²) in [6.07, 6.45) is 1.03. The minimum atomic E-state index is -0.819. The summed E-state index contributed by atoms with van der Waals surface area (Å²) in [5, 5.41) is 2.55. The van der Waals surface area contributed by atoms with Crippen LogP contribution in [0.5, 0.6) is 5.75 Å². The summed E-state index contributed by atoms with van der Waals surface area (Å²) in [7, 11) is 1.52. The third kappa shape index (κ3) is 2.79. The molecule has 0 fully saturated rings. The fourth-order valence-electron chi connectivity index (χ4n) is 3.70. The van der Waals surface area contributed by atoms with Crippen LogP contribution < -0.4 is 15.0 Å². The van der Waals surface area contributed by atoms with Crippen LogP contribution in [-0.2, 0) is 11.2 Å². The van der Waals surface area contributed by atoms with Crippen molar-refractivity contribution in [3.63, 3.8) is 0 Å². The molecule has 2 heterocycles. The molecule has 2 amide bonds. The van der Waals surface area contributed by atoms with Crippen LogP contribution in [0.2, 0.25) is 0 Å². The smallest absolute Gasteiger partial charge is 0.294 e. The predicted molar refractivity (Wildman–Crippen MR) is 97.3 cm³/mol. The van der Waals surface area contributed by atoms with Gasteiger partial charge in [0.1, 0.15) is 11.5 Å². The number of nitrogens with zero attached hydrogens (tertiary/aromatic N) is 1. The van der Waals surface area contributed by atoms with E-state index in [0.717, 1.165) is 6.42 Å². The van der Waals surface area contributed by atoms with E-state index < -0.39 is 6.10 Å². The molecule has 2 aromatic rings. The Bertz CT molecular complexity index is 946. The molecule has 1 aliphatic heterocycles. The van der Waals surface area contributed by atoms with Gasteiger partial charge < -0.3 is 14.5 Å². The van der Waals surface area contributed by atoms with Crippen LogP contribution in [0.15, 0.2) is 28.7 Å². The molecule has 4 rings (SSSR count). The van der Waals surface area contributed by atoms with Crippen molar-refractivity contribution in [2.45, 2.75) is 32.3 Å². The fraction of sp³-hybridized carbons (Fsp3) is 0.350. The molecule has 0 bridgehead atoms. The summed E-state index contributed by atoms with van der Waals surface area (Å²) >= 11 is 0. The molecule has 27 heavy (non-hydrogen) atoms. The van der Waals surface area contributed by atoms with E-state index in [9.17, 15) is 14.4 Å². The zero-order valence-electron chi connectivity index (χ0n) is 15.2. The zero-order chi connectivity index (χ0) is 19.1. The highest BCUT2D eigenvalue weighted by Crippen LogP contribution is 2.36. The first-order chi connectivity index (χ1) is 13.0. The minimum Gasteiger partial charge on any atom is -0.477 e. The molecule has 7 nitrogen and oxygen atoms in total. The van der Waals surface area contributed by atoms with Crippen molar-refractivity contribution in [1.29, 1.82) is 0 Å². The van der Waals surface area contributed by atoms with Gasteiger partial charge in [-0.2, -0.15) is 0 Å². The Morgan fingerprint density at radius 1 is 1.22 bits per heavy atom. The molecule has 1 atom stereocenters. The number of aryl methyl sites for hydroxylation is 1. The Labute approximate surface area is 156 Å². The lowest BCUT2D eigenvalue weighted by molar-refractivity contribution is -0.127. The molecule has 0 saturated heterocycles. The first-order valence-corrected chi connectivity index (χ1v) is 8.96. The maximum atomic E-state index is 13.3. The Balaban J connectivity index is 1.75. The number of para-hydroxylation sites is 2. The first kappa shape index (κ1) is 17.3. The Kier molecular flexibility index (Phi) is 4.22. The largest absolute Gasteiger partial charge is 0.477 e. The van der Waals surface area contributed by atoms with Gasteiger partial charge in [-0.25, -0.2) is 0 Å². The van der Waals surface area contributed by atoms with Crippen molar-refractivity contribution in [3.05, 3.63) is 46.9 Å². The van der Waals surface area contributed by atoms with Crippen molar-refractivity contribution >= 4 is 23.3 Å². The predicted octanol–water partition coefficient (Wildman–Crippen LogP) is 2.26. The molecule has 1 unspecified atom stereocenters. The first-order valence-electron chi connectivity index (χ1n) is 8.96. The maximum Gasteiger partial charge on any atom is 0.294 e. The number of anilines is 1. The van der Waals surface area contributed by atoms with Crippen LogP contribution in [0.1, 0.15) is 45.1 Å². The van der Waals surface area contributed by atoms with E-state index in [1.54, 1.807) is 31.2 Å². The number of ketones is 1. The minimum absolute atomic E-state index is 0.0159. The van der Waals surface area contributed by atoms with Crippen molar-refractivity contribution in [2.75, 3.05) is 18.5 Å². The van der Waals surface area contributed by atoms with E-state index in [-0.39, 0.29) is 29.9 Å². The number of ether oxygens (including phenoxy) is 1. The van der Waals surface area contributed by atoms with Gasteiger partial charge in [0.05, 0.1) is 17.8 Å². The quantitative estimate of drug-likeness (QED) is 0.878. The van der Waals surface area contributed by atoms with Crippen molar-refractivity contribution in [2.24, 2.45) is 0 Å². The second-order valence-corrected chi connectivity index (χ2v) is 6.74. The summed E-state index contributed by atoms with van der Waals surface area (Å²) in [5.41, 5.74) is 1.68. The molecular weight excluding hydrogens is 348 g/mol. The van der Waals surface area contributed by atoms with Crippen LogP contribution in [0, 0.1) is 6.92 Å². The summed E-state index contributed by atoms with van der Waals surface area (Å²) in [5.74, 6) is 0.518. The highest BCUT2D eigenvalue weighted by Gasteiger charge is 2.37. The number of fused-ring (bicyclic) bond motifs is 2. The van der Waals surface area contributed by atoms with Crippen LogP contribution in [0.4, 0.5) is 5.69 Å². The molecular formula is C20H20N2O5. The summed E-state index contributed by atoms with van der Waals surface area (Å²) in [6.45, 7) is 1.80. The molecule has 1 aromatic heterocycles. The Morgan fingerprint density at radius 2 is 2.00 bits per heavy atom. The number of rotatable bonds is 2. The van der Waals surface area contributed by atoms with Gasteiger partial charge in [-0.15, -0.1) is 0 Å². The molecule has 0 saturated carbocycles. The fourth-order valence-corrected chi connectivity index (χ4v) is 3.70. The third-order valence-electron chi connectivity index (χ3n) is 5.06. The summed E-state index contributed by atoms with van der Waals surface area (Å²) in [4.78, 5) is 39.1. The number of likely N-dealkylation sites (N-methyl/N-ethyl adjacent to an activating group) is 1. The van der Waals surface area contributed by atoms with Gasteiger partial charge in [0.2, 0.25) is 0 Å². The van der Waals surface area contributed by atoms with Crippen molar-refractivity contribution in [1.82, 2.24) is 5.32 Å². The average molecular weight is 368 g/mol. The summed E-state index contributed by atoms with van der Waals surface area (Å²) in [6, 6.07) is 7.06. The average Bonchev–Trinajstić information content (AvgIpc) is 3.03. The number of amides is 2. The highest BCUT2D eigenvalue weighted by molar-refractivity contribution is 6.10. The van der Waals surface area contributed by atoms with E-state index in [0.29, 0.717) is 41.2 Å². The number of Topliss-reactive ketones (excluding diaryl/α,β-unsaturated/α-hetero) is 1. The maximum absolute atomic E-state index is 13.3. The van der Waals surface area contributed by atoms with Crippen molar-refractivity contribution < 1.29 is 23.5 Å². The van der Waals surface area contributed by atoms with E-state index in [1.165, 1.54) is 11.9 Å². The molecule has 2 aliphatic rings. The molecule has 1 aromatic carbocycles. The molecule has 1 aliphatic carbocycles. The van der Waals surface area contributed by atoms with Gasteiger partial charge in [-0.3, -0.25) is 19.3 Å². The van der Waals surface area contributed by atoms with E-state index >= 15 is 0 Å². The lowest BCUT2D eigenvalue weighted by Crippen LogP contribution is -2.50. The zero-order valence-corrected chi connectivity index (χ0v) is 15.2. The van der Waals surface area contributed by atoms with Crippen molar-refractivity contribution in [3.8, 4) is 5.75 Å². The number of benzene rings is 1. The standard InChI is InChI=1S/C20H20N2O5/c1-11-17-13(23)7-5-9-15(17)27-18(11)20(25)22-10-16(19(24)21-2)26-14-8-4-3-6-12(14)22/h3-4,6,8,16H,5,7,9-10H2,1-2H3,(H,21,24). The van der Waals surface area contributed by atoms with Crippen LogP contribution in [-0.4, -0.2) is 37.3 Å². The number of hydrogen-bond donors (Lipinski definition) is 1. The van der Waals surface area contributed by atoms with Crippen LogP contribution in [0.3, 0.4) is 0 Å². The number of nitrogens with one attached hydrogen (secondary N) is 1. The van der Waals surface area contributed by atoms with Crippen LogP contribution in [0.25, 0.3) is 0 Å². The van der Waals surface area contributed by atoms with Gasteiger partial charge in [-0.05, 0) is 25.5 Å².